The summed E-state index contributed by atoms with van der Waals surface area (Å²) in [5.41, 5.74) is 10.9. The van der Waals surface area contributed by atoms with Crippen LogP contribution in [0.3, 0.4) is 0 Å². The summed E-state index contributed by atoms with van der Waals surface area (Å²) in [7, 11) is 1.90. The van der Waals surface area contributed by atoms with Gasteiger partial charge in [-0.25, -0.2) is 14.4 Å². The van der Waals surface area contributed by atoms with Crippen LogP contribution in [0.5, 0.6) is 0 Å². The fourth-order valence-electron chi connectivity index (χ4n) is 5.70. The van der Waals surface area contributed by atoms with Gasteiger partial charge in [-0.3, -0.25) is 9.69 Å². The molecular formula is C31H35FN6O2. The van der Waals surface area contributed by atoms with E-state index in [2.05, 4.69) is 47.5 Å². The number of fused-ring (bicyclic) bond motifs is 1. The predicted molar refractivity (Wildman–Crippen MR) is 157 cm³/mol. The SMILES string of the molecule is C=CC(=O)Nc1ccc(-c2c(-c3ccc(C4(N(CC)CC(C)C)COC4)c(F)c3)c3c(N)ncnc3n2C)cc1. The number of nitrogens with two attached hydrogens (primary N) is 1. The molecule has 1 aliphatic heterocycles. The normalized spacial score (nSPS) is 14.5. The van der Waals surface area contributed by atoms with Crippen LogP contribution in [0, 0.1) is 11.7 Å². The van der Waals surface area contributed by atoms with Crippen molar-refractivity contribution in [1.29, 1.82) is 0 Å². The molecule has 1 amide bonds. The Balaban J connectivity index is 1.65. The maximum atomic E-state index is 16.1. The number of hydrogen-bond acceptors (Lipinski definition) is 6. The molecule has 8 nitrogen and oxygen atoms in total. The summed E-state index contributed by atoms with van der Waals surface area (Å²) in [6.45, 7) is 12.5. The van der Waals surface area contributed by atoms with Crippen LogP contribution in [0.25, 0.3) is 33.4 Å². The number of likely N-dealkylation sites (N-methyl/N-ethyl adjacent to an activating group) is 1. The number of ether oxygens (including phenoxy) is 1. The van der Waals surface area contributed by atoms with Gasteiger partial charge in [0.05, 0.1) is 29.8 Å². The molecule has 2 aromatic carbocycles. The number of amides is 1. The lowest BCUT2D eigenvalue weighted by Gasteiger charge is -2.50. The molecule has 2 aromatic heterocycles. The van der Waals surface area contributed by atoms with E-state index in [0.717, 1.165) is 29.9 Å². The highest BCUT2D eigenvalue weighted by atomic mass is 19.1. The summed E-state index contributed by atoms with van der Waals surface area (Å²) < 4.78 is 23.7. The molecule has 0 atom stereocenters. The van der Waals surface area contributed by atoms with Gasteiger partial charge in [-0.15, -0.1) is 0 Å². The van der Waals surface area contributed by atoms with Crippen molar-refractivity contribution in [2.75, 3.05) is 37.4 Å². The number of rotatable bonds is 9. The van der Waals surface area contributed by atoms with E-state index in [0.29, 0.717) is 52.8 Å². The molecule has 1 fully saturated rings. The largest absolute Gasteiger partial charge is 0.383 e. The Labute approximate surface area is 233 Å². The molecule has 0 unspecified atom stereocenters. The number of benzene rings is 2. The molecule has 0 saturated carbocycles. The van der Waals surface area contributed by atoms with E-state index in [4.69, 9.17) is 10.5 Å². The van der Waals surface area contributed by atoms with Crippen LogP contribution >= 0.6 is 0 Å². The third kappa shape index (κ3) is 4.65. The second-order valence-electron chi connectivity index (χ2n) is 10.7. The highest BCUT2D eigenvalue weighted by Crippen LogP contribution is 2.44. The first kappa shape index (κ1) is 27.5. The Morgan fingerprint density at radius 1 is 1.23 bits per heavy atom. The van der Waals surface area contributed by atoms with Crippen molar-refractivity contribution in [3.63, 3.8) is 0 Å². The fraction of sp³-hybridized carbons (Fsp3) is 0.323. The van der Waals surface area contributed by atoms with E-state index < -0.39 is 5.54 Å². The minimum absolute atomic E-state index is 0.288. The number of carbonyl (C=O) groups excluding carboxylic acids is 1. The highest BCUT2D eigenvalue weighted by Gasteiger charge is 2.47. The Morgan fingerprint density at radius 2 is 1.93 bits per heavy atom. The third-order valence-corrected chi connectivity index (χ3v) is 7.62. The summed E-state index contributed by atoms with van der Waals surface area (Å²) in [6.07, 6.45) is 2.65. The van der Waals surface area contributed by atoms with Crippen molar-refractivity contribution in [2.45, 2.75) is 26.3 Å². The van der Waals surface area contributed by atoms with Gasteiger partial charge in [0.1, 0.15) is 23.6 Å². The zero-order valence-electron chi connectivity index (χ0n) is 23.4. The lowest BCUT2D eigenvalue weighted by Crippen LogP contribution is -2.60. The van der Waals surface area contributed by atoms with Gasteiger partial charge in [0.15, 0.2) is 0 Å². The Morgan fingerprint density at radius 3 is 2.50 bits per heavy atom. The molecule has 0 spiro atoms. The monoisotopic (exact) mass is 542 g/mol. The molecule has 4 aromatic rings. The van der Waals surface area contributed by atoms with E-state index in [1.54, 1.807) is 6.07 Å². The third-order valence-electron chi connectivity index (χ3n) is 7.62. The van der Waals surface area contributed by atoms with Crippen LogP contribution in [0.15, 0.2) is 61.4 Å². The van der Waals surface area contributed by atoms with Gasteiger partial charge in [-0.2, -0.15) is 0 Å². The Hall–Kier alpha value is -4.08. The van der Waals surface area contributed by atoms with Gasteiger partial charge in [0, 0.05) is 30.4 Å². The fourth-order valence-corrected chi connectivity index (χ4v) is 5.70. The molecule has 0 aliphatic carbocycles. The number of anilines is 2. The summed E-state index contributed by atoms with van der Waals surface area (Å²) in [4.78, 5) is 22.8. The first-order valence-electron chi connectivity index (χ1n) is 13.5. The van der Waals surface area contributed by atoms with E-state index in [-0.39, 0.29) is 11.7 Å². The number of nitrogens with one attached hydrogen (secondary N) is 1. The minimum atomic E-state index is -0.489. The number of nitrogens with zero attached hydrogens (tertiary/aromatic N) is 4. The number of halogens is 1. The topological polar surface area (TPSA) is 98.3 Å². The molecular weight excluding hydrogens is 507 g/mol. The summed E-state index contributed by atoms with van der Waals surface area (Å²) in [5, 5.41) is 3.42. The number of aromatic nitrogens is 3. The summed E-state index contributed by atoms with van der Waals surface area (Å²) >= 11 is 0. The quantitative estimate of drug-likeness (QED) is 0.277. The van der Waals surface area contributed by atoms with Gasteiger partial charge in [0.25, 0.3) is 0 Å². The Bertz CT molecular complexity index is 1570. The summed E-state index contributed by atoms with van der Waals surface area (Å²) in [5.74, 6) is 0.182. The van der Waals surface area contributed by atoms with Crippen molar-refractivity contribution < 1.29 is 13.9 Å². The van der Waals surface area contributed by atoms with Crippen molar-refractivity contribution in [3.05, 3.63) is 72.8 Å². The maximum absolute atomic E-state index is 16.1. The van der Waals surface area contributed by atoms with Crippen LogP contribution in [-0.4, -0.2) is 51.6 Å². The molecule has 5 rings (SSSR count). The maximum Gasteiger partial charge on any atom is 0.247 e. The van der Waals surface area contributed by atoms with E-state index in [9.17, 15) is 4.79 Å². The highest BCUT2D eigenvalue weighted by molar-refractivity contribution is 6.08. The van der Waals surface area contributed by atoms with Crippen LogP contribution in [0.1, 0.15) is 26.3 Å². The van der Waals surface area contributed by atoms with Gasteiger partial charge in [0.2, 0.25) is 5.91 Å². The first-order valence-corrected chi connectivity index (χ1v) is 13.5. The number of carbonyl (C=O) groups is 1. The lowest BCUT2D eigenvalue weighted by atomic mass is 9.83. The van der Waals surface area contributed by atoms with E-state index in [1.165, 1.54) is 12.4 Å². The number of nitrogen functional groups attached to an aromatic ring is 1. The van der Waals surface area contributed by atoms with Gasteiger partial charge in [-0.1, -0.05) is 51.6 Å². The zero-order chi connectivity index (χ0) is 28.6. The molecule has 0 bridgehead atoms. The predicted octanol–water partition coefficient (Wildman–Crippen LogP) is 5.35. The summed E-state index contributed by atoms with van der Waals surface area (Å²) in [6, 6.07) is 12.8. The average molecular weight is 543 g/mol. The minimum Gasteiger partial charge on any atom is -0.383 e. The average Bonchev–Trinajstić information content (AvgIpc) is 3.21. The van der Waals surface area contributed by atoms with Gasteiger partial charge >= 0.3 is 0 Å². The number of aryl methyl sites for hydroxylation is 1. The number of hydrogen-bond donors (Lipinski definition) is 2. The van der Waals surface area contributed by atoms with Crippen molar-refractivity contribution in [2.24, 2.45) is 13.0 Å². The van der Waals surface area contributed by atoms with Crippen LogP contribution < -0.4 is 11.1 Å². The van der Waals surface area contributed by atoms with Crippen LogP contribution in [-0.2, 0) is 22.1 Å². The molecule has 1 aliphatic rings. The lowest BCUT2D eigenvalue weighted by molar-refractivity contribution is -0.149. The van der Waals surface area contributed by atoms with Crippen LogP contribution in [0.4, 0.5) is 15.9 Å². The molecule has 40 heavy (non-hydrogen) atoms. The zero-order valence-corrected chi connectivity index (χ0v) is 23.4. The molecule has 3 heterocycles. The molecule has 1 saturated heterocycles. The standard InChI is InChI=1S/C31H35FN6O2/c1-6-25(39)36-22-11-8-20(9-12-22)28-26(27-29(33)34-18-35-30(27)37(28)5)21-10-13-23(24(32)14-21)31(16-40-17-31)38(7-2)15-19(3)4/h6,8-14,18-19H,1,7,15-17H2,2-5H3,(H,36,39)(H2,33,34,35). The molecule has 9 heteroatoms. The van der Waals surface area contributed by atoms with E-state index >= 15 is 4.39 Å². The van der Waals surface area contributed by atoms with Crippen molar-refractivity contribution in [1.82, 2.24) is 19.4 Å². The molecule has 0 radical (unpaired) electrons. The molecule has 3 N–H and O–H groups in total. The van der Waals surface area contributed by atoms with Crippen molar-refractivity contribution in [3.8, 4) is 22.4 Å². The second kappa shape index (κ2) is 10.8. The second-order valence-corrected chi connectivity index (χ2v) is 10.7. The first-order chi connectivity index (χ1) is 19.2. The van der Waals surface area contributed by atoms with Crippen LogP contribution in [0.2, 0.25) is 0 Å². The van der Waals surface area contributed by atoms with Crippen molar-refractivity contribution >= 4 is 28.4 Å². The van der Waals surface area contributed by atoms with Gasteiger partial charge < -0.3 is 20.4 Å². The smallest absolute Gasteiger partial charge is 0.247 e. The van der Waals surface area contributed by atoms with Gasteiger partial charge in [-0.05, 0) is 47.9 Å². The Kier molecular flexibility index (Phi) is 7.44. The van der Waals surface area contributed by atoms with E-state index in [1.807, 2.05) is 48.0 Å². The molecule has 208 valence electrons.